The van der Waals surface area contributed by atoms with Crippen LogP contribution in [0.5, 0.6) is 23.0 Å². The van der Waals surface area contributed by atoms with Gasteiger partial charge in [-0.15, -0.1) is 0 Å². The minimum Gasteiger partial charge on any atom is -0.465 e. The molecule has 3 aromatic carbocycles. The topological polar surface area (TPSA) is 83.1 Å². The molecule has 0 heterocycles. The number of esters is 1. The van der Waals surface area contributed by atoms with Crippen molar-refractivity contribution >= 4 is 52.6 Å². The largest absolute Gasteiger partial charge is 0.465 e. The van der Waals surface area contributed by atoms with Gasteiger partial charge in [0.05, 0.1) is 18.4 Å². The maximum absolute atomic E-state index is 13.2. The zero-order valence-electron chi connectivity index (χ0n) is 17.5. The Hall–Kier alpha value is -3.20. The van der Waals surface area contributed by atoms with Crippen LogP contribution in [0.3, 0.4) is 0 Å². The predicted octanol–water partition coefficient (Wildman–Crippen LogP) is 7.12. The lowest BCUT2D eigenvalue weighted by Gasteiger charge is -2.14. The molecule has 0 aliphatic rings. The number of amides is 1. The molecule has 178 valence electrons. The molecule has 0 aliphatic heterocycles. The molecule has 0 saturated heterocycles. The Bertz CT molecular complexity index is 1150. The van der Waals surface area contributed by atoms with Crippen molar-refractivity contribution in [3.63, 3.8) is 0 Å². The van der Waals surface area contributed by atoms with Crippen LogP contribution in [0.25, 0.3) is 0 Å². The minimum atomic E-state index is -1.77. The van der Waals surface area contributed by atoms with Crippen LogP contribution in [-0.2, 0) is 9.47 Å². The zero-order chi connectivity index (χ0) is 24.7. The fraction of sp³-hybridized carbons (Fsp3) is 0.130. The fourth-order valence-corrected chi connectivity index (χ4v) is 2.78. The molecular weight excluding hydrogens is 512 g/mol. The van der Waals surface area contributed by atoms with E-state index in [-0.39, 0.29) is 17.2 Å². The molecule has 3 aromatic rings. The van der Waals surface area contributed by atoms with Gasteiger partial charge in [0.1, 0.15) is 35.4 Å². The second-order valence-electron chi connectivity index (χ2n) is 6.68. The van der Waals surface area contributed by atoms with Gasteiger partial charge in [0.25, 0.3) is 0 Å². The van der Waals surface area contributed by atoms with Crippen molar-refractivity contribution in [2.45, 2.75) is 3.79 Å². The standard InChI is InChI=1S/C23H17Cl3FNO6/c1-31-21(29)14-2-6-17(7-3-14)33-19-10-16(28-22(30)32-13-23(24,25)26)11-20(12-19)34-18-8-4-15(27)5-9-18/h2-12H,13H2,1H3,(H,28,30). The number of carbonyl (C=O) groups is 2. The van der Waals surface area contributed by atoms with E-state index in [1.807, 2.05) is 0 Å². The third kappa shape index (κ3) is 7.98. The van der Waals surface area contributed by atoms with Crippen LogP contribution in [0.4, 0.5) is 14.9 Å². The minimum absolute atomic E-state index is 0.245. The van der Waals surface area contributed by atoms with E-state index >= 15 is 0 Å². The number of carbonyl (C=O) groups excluding carboxylic acids is 2. The number of benzene rings is 3. The highest BCUT2D eigenvalue weighted by Crippen LogP contribution is 2.33. The number of halogens is 4. The molecule has 0 radical (unpaired) electrons. The summed E-state index contributed by atoms with van der Waals surface area (Å²) in [6.45, 7) is -0.467. The third-order valence-electron chi connectivity index (χ3n) is 4.05. The van der Waals surface area contributed by atoms with E-state index in [2.05, 4.69) is 10.1 Å². The average Bonchev–Trinajstić information content (AvgIpc) is 2.79. The Kier molecular flexibility index (Phi) is 8.44. The summed E-state index contributed by atoms with van der Waals surface area (Å²) >= 11 is 16.8. The molecule has 34 heavy (non-hydrogen) atoms. The second-order valence-corrected chi connectivity index (χ2v) is 9.20. The van der Waals surface area contributed by atoms with Gasteiger partial charge >= 0.3 is 12.1 Å². The molecule has 3 rings (SSSR count). The van der Waals surface area contributed by atoms with Crippen molar-refractivity contribution in [3.05, 3.63) is 78.1 Å². The van der Waals surface area contributed by atoms with Crippen molar-refractivity contribution in [1.82, 2.24) is 0 Å². The summed E-state index contributed by atoms with van der Waals surface area (Å²) in [4.78, 5) is 23.7. The maximum Gasteiger partial charge on any atom is 0.411 e. The molecular formula is C23H17Cl3FNO6. The molecule has 0 aliphatic carbocycles. The van der Waals surface area contributed by atoms with Crippen LogP contribution in [0.1, 0.15) is 10.4 Å². The number of hydrogen-bond acceptors (Lipinski definition) is 6. The Morgan fingerprint density at radius 1 is 0.853 bits per heavy atom. The van der Waals surface area contributed by atoms with Gasteiger partial charge in [0, 0.05) is 18.2 Å². The summed E-state index contributed by atoms with van der Waals surface area (Å²) in [6.07, 6.45) is -0.876. The van der Waals surface area contributed by atoms with Crippen molar-refractivity contribution < 1.29 is 32.9 Å². The first-order valence-corrected chi connectivity index (χ1v) is 10.7. The first-order chi connectivity index (χ1) is 16.1. The summed E-state index contributed by atoms with van der Waals surface area (Å²) in [5.41, 5.74) is 0.595. The van der Waals surface area contributed by atoms with Crippen molar-refractivity contribution in [1.29, 1.82) is 0 Å². The fourth-order valence-electron chi connectivity index (χ4n) is 2.61. The molecule has 0 bridgehead atoms. The Morgan fingerprint density at radius 3 is 1.88 bits per heavy atom. The van der Waals surface area contributed by atoms with Gasteiger partial charge in [-0.1, -0.05) is 34.8 Å². The Labute approximate surface area is 209 Å². The number of ether oxygens (including phenoxy) is 4. The van der Waals surface area contributed by atoms with Gasteiger partial charge in [-0.05, 0) is 48.5 Å². The van der Waals surface area contributed by atoms with Crippen molar-refractivity contribution in [3.8, 4) is 23.0 Å². The first kappa shape index (κ1) is 25.4. The van der Waals surface area contributed by atoms with Crippen LogP contribution in [0.15, 0.2) is 66.7 Å². The summed E-state index contributed by atoms with van der Waals surface area (Å²) in [7, 11) is 1.28. The van der Waals surface area contributed by atoms with Crippen molar-refractivity contribution in [2.24, 2.45) is 0 Å². The summed E-state index contributed by atoms with van der Waals surface area (Å²) in [6, 6.07) is 16.1. The summed E-state index contributed by atoms with van der Waals surface area (Å²) in [5.74, 6) is 0.399. The molecule has 1 amide bonds. The number of anilines is 1. The second kappa shape index (κ2) is 11.3. The van der Waals surface area contributed by atoms with Crippen LogP contribution in [0.2, 0.25) is 0 Å². The van der Waals surface area contributed by atoms with E-state index in [1.165, 1.54) is 55.6 Å². The number of methoxy groups -OCH3 is 1. The average molecular weight is 529 g/mol. The molecule has 0 spiro atoms. The van der Waals surface area contributed by atoms with Gasteiger partial charge in [-0.3, -0.25) is 5.32 Å². The van der Waals surface area contributed by atoms with E-state index in [9.17, 15) is 14.0 Å². The third-order valence-corrected chi connectivity index (χ3v) is 4.38. The van der Waals surface area contributed by atoms with E-state index < -0.39 is 28.3 Å². The van der Waals surface area contributed by atoms with Gasteiger partial charge < -0.3 is 18.9 Å². The molecule has 0 atom stereocenters. The highest BCUT2D eigenvalue weighted by molar-refractivity contribution is 6.67. The molecule has 0 aromatic heterocycles. The molecule has 7 nitrogen and oxygen atoms in total. The number of hydrogen-bond donors (Lipinski definition) is 1. The number of alkyl halides is 3. The van der Waals surface area contributed by atoms with E-state index in [0.717, 1.165) is 0 Å². The number of rotatable bonds is 7. The highest BCUT2D eigenvalue weighted by Gasteiger charge is 2.22. The van der Waals surface area contributed by atoms with Crippen LogP contribution in [-0.4, -0.2) is 29.6 Å². The quantitative estimate of drug-likeness (QED) is 0.260. The molecule has 0 saturated carbocycles. The van der Waals surface area contributed by atoms with Crippen LogP contribution < -0.4 is 14.8 Å². The normalized spacial score (nSPS) is 10.9. The van der Waals surface area contributed by atoms with Crippen LogP contribution in [0, 0.1) is 5.82 Å². The monoisotopic (exact) mass is 527 g/mol. The van der Waals surface area contributed by atoms with Gasteiger partial charge in [-0.25, -0.2) is 14.0 Å². The predicted molar refractivity (Wildman–Crippen MR) is 126 cm³/mol. The molecule has 1 N–H and O–H groups in total. The lowest BCUT2D eigenvalue weighted by Crippen LogP contribution is -2.21. The summed E-state index contributed by atoms with van der Waals surface area (Å²) < 4.78 is 32.6. The molecule has 11 heteroatoms. The lowest BCUT2D eigenvalue weighted by atomic mass is 10.2. The van der Waals surface area contributed by atoms with Gasteiger partial charge in [0.15, 0.2) is 0 Å². The lowest BCUT2D eigenvalue weighted by molar-refractivity contribution is 0.0600. The zero-order valence-corrected chi connectivity index (χ0v) is 19.8. The highest BCUT2D eigenvalue weighted by atomic mass is 35.6. The smallest absolute Gasteiger partial charge is 0.411 e. The van der Waals surface area contributed by atoms with E-state index in [1.54, 1.807) is 18.2 Å². The molecule has 0 unspecified atom stereocenters. The van der Waals surface area contributed by atoms with Gasteiger partial charge in [-0.2, -0.15) is 0 Å². The number of nitrogens with one attached hydrogen (secondary N) is 1. The van der Waals surface area contributed by atoms with Gasteiger partial charge in [0.2, 0.25) is 3.79 Å². The maximum atomic E-state index is 13.2. The molecule has 0 fully saturated rings. The van der Waals surface area contributed by atoms with Crippen molar-refractivity contribution in [2.75, 3.05) is 19.0 Å². The van der Waals surface area contributed by atoms with Crippen LogP contribution >= 0.6 is 34.8 Å². The summed E-state index contributed by atoms with van der Waals surface area (Å²) in [5, 5.41) is 2.49. The van der Waals surface area contributed by atoms with E-state index in [4.69, 9.17) is 49.0 Å². The SMILES string of the molecule is COC(=O)c1ccc(Oc2cc(NC(=O)OCC(Cl)(Cl)Cl)cc(Oc3ccc(F)cc3)c2)cc1. The first-order valence-electron chi connectivity index (χ1n) is 9.56. The Balaban J connectivity index is 1.83. The Morgan fingerprint density at radius 2 is 1.38 bits per heavy atom. The van der Waals surface area contributed by atoms with E-state index in [0.29, 0.717) is 17.1 Å².